The van der Waals surface area contributed by atoms with Gasteiger partial charge in [-0.05, 0) is 20.3 Å². The van der Waals surface area contributed by atoms with Crippen molar-refractivity contribution in [1.29, 1.82) is 0 Å². The summed E-state index contributed by atoms with van der Waals surface area (Å²) in [5.74, 6) is -0.196. The van der Waals surface area contributed by atoms with Gasteiger partial charge in [0.25, 0.3) is 5.91 Å². The summed E-state index contributed by atoms with van der Waals surface area (Å²) in [5.41, 5.74) is 0.870. The number of pyridine rings is 1. The second-order valence-corrected chi connectivity index (χ2v) is 5.09. The van der Waals surface area contributed by atoms with Gasteiger partial charge in [0, 0.05) is 44.7 Å². The van der Waals surface area contributed by atoms with E-state index in [9.17, 15) is 9.59 Å². The van der Waals surface area contributed by atoms with Gasteiger partial charge in [0.1, 0.15) is 5.56 Å². The average molecular weight is 264 g/mol. The number of rotatable bonds is 1. The number of hydrogen-bond donors (Lipinski definition) is 0. The average Bonchev–Trinajstić information content (AvgIpc) is 2.58. The molecule has 19 heavy (non-hydrogen) atoms. The van der Waals surface area contributed by atoms with Crippen molar-refractivity contribution in [2.75, 3.05) is 19.7 Å². The second-order valence-electron chi connectivity index (χ2n) is 5.09. The van der Waals surface area contributed by atoms with E-state index in [2.05, 4.69) is 0 Å². The Hall–Kier alpha value is -1.62. The fourth-order valence-electron chi connectivity index (χ4n) is 2.24. The molecule has 1 unspecified atom stereocenters. The van der Waals surface area contributed by atoms with E-state index in [0.717, 1.165) is 12.1 Å². The van der Waals surface area contributed by atoms with Crippen LogP contribution in [0, 0.1) is 6.92 Å². The van der Waals surface area contributed by atoms with Crippen molar-refractivity contribution in [3.63, 3.8) is 0 Å². The van der Waals surface area contributed by atoms with Crippen LogP contribution >= 0.6 is 0 Å². The molecule has 1 atom stereocenters. The maximum Gasteiger partial charge on any atom is 0.259 e. The van der Waals surface area contributed by atoms with Crippen LogP contribution in [0.5, 0.6) is 0 Å². The summed E-state index contributed by atoms with van der Waals surface area (Å²) < 4.78 is 7.31. The summed E-state index contributed by atoms with van der Waals surface area (Å²) in [4.78, 5) is 26.1. The van der Waals surface area contributed by atoms with E-state index in [1.165, 1.54) is 6.07 Å². The fourth-order valence-corrected chi connectivity index (χ4v) is 2.24. The number of carbonyl (C=O) groups is 1. The van der Waals surface area contributed by atoms with E-state index in [4.69, 9.17) is 4.74 Å². The molecule has 0 aromatic carbocycles. The van der Waals surface area contributed by atoms with Gasteiger partial charge in [-0.3, -0.25) is 9.59 Å². The molecular weight excluding hydrogens is 244 g/mol. The highest BCUT2D eigenvalue weighted by atomic mass is 16.5. The Morgan fingerprint density at radius 3 is 2.95 bits per heavy atom. The Kier molecular flexibility index (Phi) is 4.04. The lowest BCUT2D eigenvalue weighted by molar-refractivity contribution is 0.0561. The van der Waals surface area contributed by atoms with E-state index in [1.807, 2.05) is 20.9 Å². The number of ether oxygens (including phenoxy) is 1. The lowest BCUT2D eigenvalue weighted by Crippen LogP contribution is -2.38. The molecule has 0 radical (unpaired) electrons. The van der Waals surface area contributed by atoms with Crippen molar-refractivity contribution in [3.05, 3.63) is 33.7 Å². The monoisotopic (exact) mass is 264 g/mol. The van der Waals surface area contributed by atoms with Crippen molar-refractivity contribution in [1.82, 2.24) is 9.47 Å². The van der Waals surface area contributed by atoms with Crippen LogP contribution < -0.4 is 5.43 Å². The number of carbonyl (C=O) groups excluding carboxylic acids is 1. The molecule has 1 aliphatic heterocycles. The molecule has 1 saturated heterocycles. The van der Waals surface area contributed by atoms with Crippen LogP contribution in [-0.4, -0.2) is 41.2 Å². The van der Waals surface area contributed by atoms with Crippen LogP contribution in [0.1, 0.15) is 29.4 Å². The number of aryl methyl sites for hydroxylation is 2. The highest BCUT2D eigenvalue weighted by molar-refractivity contribution is 5.93. The van der Waals surface area contributed by atoms with E-state index in [-0.39, 0.29) is 23.0 Å². The molecule has 5 nitrogen and oxygen atoms in total. The fraction of sp³-hybridized carbons (Fsp3) is 0.571. The van der Waals surface area contributed by atoms with Gasteiger partial charge in [0.05, 0.1) is 6.10 Å². The zero-order valence-corrected chi connectivity index (χ0v) is 11.7. The number of nitrogens with zero attached hydrogens (tertiary/aromatic N) is 2. The molecule has 0 saturated carbocycles. The Morgan fingerprint density at radius 2 is 2.21 bits per heavy atom. The molecule has 2 rings (SSSR count). The quantitative estimate of drug-likeness (QED) is 0.758. The number of aromatic nitrogens is 1. The third-order valence-corrected chi connectivity index (χ3v) is 3.45. The molecule has 0 aliphatic carbocycles. The molecule has 1 aromatic heterocycles. The largest absolute Gasteiger partial charge is 0.377 e. The molecule has 1 amide bonds. The summed E-state index contributed by atoms with van der Waals surface area (Å²) in [7, 11) is 1.83. The number of hydrogen-bond acceptors (Lipinski definition) is 3. The van der Waals surface area contributed by atoms with Gasteiger partial charge in [-0.2, -0.15) is 0 Å². The maximum atomic E-state index is 12.4. The molecule has 0 spiro atoms. The number of amides is 1. The minimum absolute atomic E-state index is 0.0146. The van der Waals surface area contributed by atoms with Gasteiger partial charge >= 0.3 is 0 Å². The molecule has 5 heteroatoms. The SMILES string of the molecule is Cc1cc(=O)c(C(=O)N2CCCOC(C)C2)cn1C. The molecule has 0 bridgehead atoms. The summed E-state index contributed by atoms with van der Waals surface area (Å²) in [6.45, 7) is 5.63. The summed E-state index contributed by atoms with van der Waals surface area (Å²) >= 11 is 0. The van der Waals surface area contributed by atoms with Crippen molar-refractivity contribution < 1.29 is 9.53 Å². The van der Waals surface area contributed by atoms with Crippen molar-refractivity contribution >= 4 is 5.91 Å². The molecule has 0 N–H and O–H groups in total. The second kappa shape index (κ2) is 5.57. The Morgan fingerprint density at radius 1 is 1.47 bits per heavy atom. The molecule has 1 fully saturated rings. The van der Waals surface area contributed by atoms with E-state index in [1.54, 1.807) is 15.7 Å². The predicted molar refractivity (Wildman–Crippen MR) is 72.4 cm³/mol. The molecular formula is C14H20N2O3. The smallest absolute Gasteiger partial charge is 0.259 e. The van der Waals surface area contributed by atoms with Crippen LogP contribution in [0.2, 0.25) is 0 Å². The minimum atomic E-state index is -0.210. The lowest BCUT2D eigenvalue weighted by Gasteiger charge is -2.22. The predicted octanol–water partition coefficient (Wildman–Crippen LogP) is 0.945. The third-order valence-electron chi connectivity index (χ3n) is 3.45. The van der Waals surface area contributed by atoms with Crippen molar-refractivity contribution in [2.45, 2.75) is 26.4 Å². The van der Waals surface area contributed by atoms with Crippen LogP contribution in [0.3, 0.4) is 0 Å². The summed E-state index contributed by atoms with van der Waals surface area (Å²) in [5, 5.41) is 0. The van der Waals surface area contributed by atoms with Crippen LogP contribution in [0.25, 0.3) is 0 Å². The van der Waals surface area contributed by atoms with E-state index in [0.29, 0.717) is 19.7 Å². The molecule has 2 heterocycles. The molecule has 1 aliphatic rings. The zero-order chi connectivity index (χ0) is 14.0. The summed E-state index contributed by atoms with van der Waals surface area (Å²) in [6.07, 6.45) is 2.44. The topological polar surface area (TPSA) is 51.5 Å². The van der Waals surface area contributed by atoms with Gasteiger partial charge in [0.15, 0.2) is 5.43 Å². The van der Waals surface area contributed by atoms with Gasteiger partial charge in [-0.1, -0.05) is 0 Å². The Bertz CT molecular complexity index is 536. The first kappa shape index (κ1) is 13.8. The zero-order valence-electron chi connectivity index (χ0n) is 11.7. The highest BCUT2D eigenvalue weighted by Gasteiger charge is 2.23. The van der Waals surface area contributed by atoms with Crippen molar-refractivity contribution in [3.8, 4) is 0 Å². The molecule has 104 valence electrons. The van der Waals surface area contributed by atoms with Crippen LogP contribution in [0.15, 0.2) is 17.1 Å². The van der Waals surface area contributed by atoms with E-state index >= 15 is 0 Å². The third kappa shape index (κ3) is 3.04. The standard InChI is InChI=1S/C14H20N2O3/c1-10-7-13(17)12(9-15(10)3)14(18)16-5-4-6-19-11(2)8-16/h7,9,11H,4-6,8H2,1-3H3. The van der Waals surface area contributed by atoms with Gasteiger partial charge in [-0.15, -0.1) is 0 Å². The first-order valence-electron chi connectivity index (χ1n) is 6.57. The lowest BCUT2D eigenvalue weighted by atomic mass is 10.2. The first-order valence-corrected chi connectivity index (χ1v) is 6.57. The van der Waals surface area contributed by atoms with E-state index < -0.39 is 0 Å². The van der Waals surface area contributed by atoms with Gasteiger partial charge < -0.3 is 14.2 Å². The maximum absolute atomic E-state index is 12.4. The first-order chi connectivity index (χ1) is 8.99. The van der Waals surface area contributed by atoms with Gasteiger partial charge in [-0.25, -0.2) is 0 Å². The summed E-state index contributed by atoms with van der Waals surface area (Å²) in [6, 6.07) is 1.50. The van der Waals surface area contributed by atoms with Crippen LogP contribution in [0.4, 0.5) is 0 Å². The van der Waals surface area contributed by atoms with Crippen molar-refractivity contribution in [2.24, 2.45) is 7.05 Å². The Labute approximate surface area is 112 Å². The van der Waals surface area contributed by atoms with Gasteiger partial charge in [0.2, 0.25) is 0 Å². The van der Waals surface area contributed by atoms with Crippen LogP contribution in [-0.2, 0) is 11.8 Å². The normalized spacial score (nSPS) is 20.2. The minimum Gasteiger partial charge on any atom is -0.377 e. The highest BCUT2D eigenvalue weighted by Crippen LogP contribution is 2.09. The Balaban J connectivity index is 2.28. The molecule has 1 aromatic rings.